The first-order valence-corrected chi connectivity index (χ1v) is 7.37. The van der Waals surface area contributed by atoms with E-state index < -0.39 is 0 Å². The van der Waals surface area contributed by atoms with Crippen LogP contribution in [0.4, 0.5) is 5.69 Å². The first-order valence-electron chi connectivity index (χ1n) is 7.37. The van der Waals surface area contributed by atoms with Gasteiger partial charge in [0, 0.05) is 38.0 Å². The summed E-state index contributed by atoms with van der Waals surface area (Å²) in [6.45, 7) is 4.44. The van der Waals surface area contributed by atoms with Crippen molar-refractivity contribution in [1.82, 2.24) is 5.32 Å². The van der Waals surface area contributed by atoms with Gasteiger partial charge in [0.2, 0.25) is 0 Å². The number of nitrogens with one attached hydrogen (secondary N) is 1. The van der Waals surface area contributed by atoms with Crippen molar-refractivity contribution in [3.63, 3.8) is 0 Å². The van der Waals surface area contributed by atoms with E-state index in [0.717, 1.165) is 42.3 Å². The molecule has 1 N–H and O–H groups in total. The van der Waals surface area contributed by atoms with Crippen LogP contribution >= 0.6 is 0 Å². The molecule has 114 valence electrons. The number of nitrogens with zero attached hydrogens (tertiary/aromatic N) is 1. The maximum atomic E-state index is 5.84. The van der Waals surface area contributed by atoms with Crippen LogP contribution in [0.1, 0.15) is 24.7 Å². The van der Waals surface area contributed by atoms with E-state index in [9.17, 15) is 0 Å². The van der Waals surface area contributed by atoms with Crippen LogP contribution in [0.3, 0.4) is 0 Å². The molecule has 1 aromatic carbocycles. The Morgan fingerprint density at radius 2 is 2.10 bits per heavy atom. The van der Waals surface area contributed by atoms with Gasteiger partial charge >= 0.3 is 0 Å². The van der Waals surface area contributed by atoms with E-state index in [1.807, 2.05) is 38.4 Å². The van der Waals surface area contributed by atoms with E-state index in [4.69, 9.17) is 9.15 Å². The first kappa shape index (κ1) is 15.4. The fourth-order valence-electron chi connectivity index (χ4n) is 2.05. The van der Waals surface area contributed by atoms with Gasteiger partial charge in [-0.3, -0.25) is 0 Å². The van der Waals surface area contributed by atoms with Gasteiger partial charge in [-0.15, -0.1) is 0 Å². The van der Waals surface area contributed by atoms with E-state index in [-0.39, 0.29) is 0 Å². The van der Waals surface area contributed by atoms with E-state index in [1.165, 1.54) is 0 Å². The molecule has 21 heavy (non-hydrogen) atoms. The third-order valence-electron chi connectivity index (χ3n) is 3.28. The van der Waals surface area contributed by atoms with Crippen LogP contribution in [0.15, 0.2) is 41.0 Å². The molecule has 0 aliphatic carbocycles. The largest absolute Gasteiger partial charge is 0.486 e. The van der Waals surface area contributed by atoms with Crippen molar-refractivity contribution in [2.45, 2.75) is 26.5 Å². The number of benzene rings is 1. The van der Waals surface area contributed by atoms with Gasteiger partial charge in [-0.1, -0.05) is 13.0 Å². The highest BCUT2D eigenvalue weighted by Crippen LogP contribution is 2.21. The lowest BCUT2D eigenvalue weighted by molar-refractivity contribution is 0.268. The molecule has 0 atom stereocenters. The van der Waals surface area contributed by atoms with Crippen molar-refractivity contribution in [2.75, 3.05) is 25.5 Å². The van der Waals surface area contributed by atoms with Gasteiger partial charge in [0.15, 0.2) is 0 Å². The molecule has 0 spiro atoms. The molecule has 0 bridgehead atoms. The molecule has 2 rings (SSSR count). The average Bonchev–Trinajstić information content (AvgIpc) is 2.93. The van der Waals surface area contributed by atoms with Gasteiger partial charge in [0.05, 0.1) is 6.26 Å². The maximum absolute atomic E-state index is 5.84. The molecule has 4 nitrogen and oxygen atoms in total. The lowest BCUT2D eigenvalue weighted by Crippen LogP contribution is -2.14. The van der Waals surface area contributed by atoms with Gasteiger partial charge < -0.3 is 19.4 Å². The van der Waals surface area contributed by atoms with Crippen molar-refractivity contribution < 1.29 is 9.15 Å². The van der Waals surface area contributed by atoms with E-state index in [1.54, 1.807) is 6.26 Å². The molecule has 0 unspecified atom stereocenters. The summed E-state index contributed by atoms with van der Waals surface area (Å²) >= 11 is 0. The minimum atomic E-state index is 0.451. The minimum Gasteiger partial charge on any atom is -0.486 e. The van der Waals surface area contributed by atoms with Crippen molar-refractivity contribution in [1.29, 1.82) is 0 Å². The number of furan rings is 1. The van der Waals surface area contributed by atoms with E-state index in [0.29, 0.717) is 6.61 Å². The Bertz CT molecular complexity index is 549. The molecule has 1 heterocycles. The molecule has 2 aromatic rings. The predicted molar refractivity (Wildman–Crippen MR) is 85.8 cm³/mol. The van der Waals surface area contributed by atoms with Crippen molar-refractivity contribution >= 4 is 5.69 Å². The van der Waals surface area contributed by atoms with Gasteiger partial charge in [0.1, 0.15) is 18.1 Å². The maximum Gasteiger partial charge on any atom is 0.146 e. The highest BCUT2D eigenvalue weighted by atomic mass is 16.5. The van der Waals surface area contributed by atoms with Crippen LogP contribution in [-0.2, 0) is 13.2 Å². The topological polar surface area (TPSA) is 37.6 Å². The normalized spacial score (nSPS) is 10.6. The predicted octanol–water partition coefficient (Wildman–Crippen LogP) is 3.42. The van der Waals surface area contributed by atoms with Crippen molar-refractivity contribution in [3.8, 4) is 5.75 Å². The standard InChI is InChI=1S/C17H24N2O2/c1-4-9-18-12-14-8-10-20-17(14)13-21-16-7-5-6-15(11-16)19(2)3/h5-8,10-11,18H,4,9,12-13H2,1-3H3. The van der Waals surface area contributed by atoms with Crippen LogP contribution < -0.4 is 15.0 Å². The monoisotopic (exact) mass is 288 g/mol. The second kappa shape index (κ2) is 7.74. The van der Waals surface area contributed by atoms with Crippen LogP contribution in [-0.4, -0.2) is 20.6 Å². The Morgan fingerprint density at radius 1 is 1.24 bits per heavy atom. The molecule has 0 amide bonds. The fraction of sp³-hybridized carbons (Fsp3) is 0.412. The Hall–Kier alpha value is -1.94. The van der Waals surface area contributed by atoms with Crippen LogP contribution in [0.5, 0.6) is 5.75 Å². The second-order valence-electron chi connectivity index (χ2n) is 5.23. The smallest absolute Gasteiger partial charge is 0.146 e. The minimum absolute atomic E-state index is 0.451. The summed E-state index contributed by atoms with van der Waals surface area (Å²) in [6, 6.07) is 10.0. The molecule has 0 aliphatic rings. The van der Waals surface area contributed by atoms with E-state index >= 15 is 0 Å². The van der Waals surface area contributed by atoms with Gasteiger partial charge in [-0.25, -0.2) is 0 Å². The Balaban J connectivity index is 1.94. The zero-order valence-corrected chi connectivity index (χ0v) is 13.1. The zero-order chi connectivity index (χ0) is 15.1. The highest BCUT2D eigenvalue weighted by Gasteiger charge is 2.07. The lowest BCUT2D eigenvalue weighted by atomic mass is 10.2. The summed E-state index contributed by atoms with van der Waals surface area (Å²) in [5.41, 5.74) is 2.28. The molecule has 0 fully saturated rings. The number of ether oxygens (including phenoxy) is 1. The Morgan fingerprint density at radius 3 is 2.86 bits per heavy atom. The Kier molecular flexibility index (Phi) is 5.69. The van der Waals surface area contributed by atoms with Crippen LogP contribution in [0, 0.1) is 0 Å². The molecule has 4 heteroatoms. The summed E-state index contributed by atoms with van der Waals surface area (Å²) in [7, 11) is 4.03. The zero-order valence-electron chi connectivity index (χ0n) is 13.1. The number of hydrogen-bond donors (Lipinski definition) is 1. The Labute approximate surface area is 126 Å². The van der Waals surface area contributed by atoms with Gasteiger partial charge in [0.25, 0.3) is 0 Å². The SMILES string of the molecule is CCCNCc1ccoc1COc1cccc(N(C)C)c1. The van der Waals surface area contributed by atoms with Gasteiger partial charge in [-0.05, 0) is 31.2 Å². The van der Waals surface area contributed by atoms with Gasteiger partial charge in [-0.2, -0.15) is 0 Å². The summed E-state index contributed by atoms with van der Waals surface area (Å²) in [5, 5.41) is 3.38. The van der Waals surface area contributed by atoms with Crippen molar-refractivity contribution in [3.05, 3.63) is 47.9 Å². The van der Waals surface area contributed by atoms with E-state index in [2.05, 4.69) is 23.2 Å². The molecule has 1 aromatic heterocycles. The molecule has 0 saturated heterocycles. The highest BCUT2D eigenvalue weighted by molar-refractivity contribution is 5.49. The third-order valence-corrected chi connectivity index (χ3v) is 3.28. The fourth-order valence-corrected chi connectivity index (χ4v) is 2.05. The summed E-state index contributed by atoms with van der Waals surface area (Å²) in [6.07, 6.45) is 2.85. The summed E-state index contributed by atoms with van der Waals surface area (Å²) in [5.74, 6) is 1.74. The molecular weight excluding hydrogens is 264 g/mol. The number of hydrogen-bond acceptors (Lipinski definition) is 4. The molecule has 0 saturated carbocycles. The number of rotatable bonds is 8. The summed E-state index contributed by atoms with van der Waals surface area (Å²) < 4.78 is 11.4. The quantitative estimate of drug-likeness (QED) is 0.755. The molecular formula is C17H24N2O2. The van der Waals surface area contributed by atoms with Crippen molar-refractivity contribution in [2.24, 2.45) is 0 Å². The lowest BCUT2D eigenvalue weighted by Gasteiger charge is -2.14. The number of anilines is 1. The second-order valence-corrected chi connectivity index (χ2v) is 5.23. The third kappa shape index (κ3) is 4.53. The van der Waals surface area contributed by atoms with Crippen LogP contribution in [0.2, 0.25) is 0 Å². The average molecular weight is 288 g/mol. The molecule has 0 aliphatic heterocycles. The molecule has 0 radical (unpaired) electrons. The first-order chi connectivity index (χ1) is 10.2. The van der Waals surface area contributed by atoms with Crippen LogP contribution in [0.25, 0.3) is 0 Å². The summed E-state index contributed by atoms with van der Waals surface area (Å²) in [4.78, 5) is 2.06.